The standard InChI is InChI=1S/C30H38N4O5/c1-22(2)16-18-37-21-34-25-15-9-13-24(14-10-17-31-29(36)39-30(3,4)5)27(25)33-26(34)19-32-28(35)38-20-23-11-7-6-8-12-23/h6-9,11-13,15,22H,16-21H2,1-5H3,(H,31,36)(H,32,35). The van der Waals surface area contributed by atoms with Crippen molar-refractivity contribution in [2.75, 3.05) is 13.2 Å². The molecular weight excluding hydrogens is 496 g/mol. The molecule has 0 saturated carbocycles. The molecule has 0 atom stereocenters. The summed E-state index contributed by atoms with van der Waals surface area (Å²) in [6.07, 6.45) is -0.121. The highest BCUT2D eigenvalue weighted by atomic mass is 16.6. The van der Waals surface area contributed by atoms with Crippen molar-refractivity contribution in [2.45, 2.75) is 66.5 Å². The first kappa shape index (κ1) is 29.5. The van der Waals surface area contributed by atoms with E-state index in [0.717, 1.165) is 17.5 Å². The SMILES string of the molecule is CC(C)CCOCn1c(CNC(=O)OCc2ccccc2)nc2c(C#CCNC(=O)OC(C)(C)C)cccc21. The Kier molecular flexibility index (Phi) is 10.8. The number of rotatable bonds is 10. The minimum Gasteiger partial charge on any atom is -0.445 e. The Morgan fingerprint density at radius 3 is 2.51 bits per heavy atom. The van der Waals surface area contributed by atoms with Crippen LogP contribution in [-0.2, 0) is 34.1 Å². The first-order chi connectivity index (χ1) is 18.6. The molecule has 208 valence electrons. The molecular formula is C30H38N4O5. The summed E-state index contributed by atoms with van der Waals surface area (Å²) in [6, 6.07) is 15.2. The van der Waals surface area contributed by atoms with Gasteiger partial charge in [-0.15, -0.1) is 0 Å². The van der Waals surface area contributed by atoms with E-state index in [9.17, 15) is 9.59 Å². The predicted molar refractivity (Wildman–Crippen MR) is 150 cm³/mol. The van der Waals surface area contributed by atoms with Crippen molar-refractivity contribution >= 4 is 23.2 Å². The second-order valence-corrected chi connectivity index (χ2v) is 10.4. The zero-order valence-electron chi connectivity index (χ0n) is 23.4. The van der Waals surface area contributed by atoms with Crippen LogP contribution < -0.4 is 10.6 Å². The van der Waals surface area contributed by atoms with Gasteiger partial charge >= 0.3 is 12.2 Å². The number of carbonyl (C=O) groups is 2. The van der Waals surface area contributed by atoms with Crippen LogP contribution in [0.4, 0.5) is 9.59 Å². The molecule has 2 aromatic carbocycles. The van der Waals surface area contributed by atoms with Gasteiger partial charge in [0.2, 0.25) is 0 Å². The number of para-hydroxylation sites is 1. The molecule has 0 fully saturated rings. The van der Waals surface area contributed by atoms with Gasteiger partial charge in [-0.25, -0.2) is 14.6 Å². The van der Waals surface area contributed by atoms with E-state index in [1.807, 2.05) is 53.1 Å². The largest absolute Gasteiger partial charge is 0.445 e. The molecule has 1 heterocycles. The molecule has 0 bridgehead atoms. The number of ether oxygens (including phenoxy) is 3. The summed E-state index contributed by atoms with van der Waals surface area (Å²) in [4.78, 5) is 29.0. The number of benzene rings is 2. The lowest BCUT2D eigenvalue weighted by molar-refractivity contribution is 0.0535. The van der Waals surface area contributed by atoms with Gasteiger partial charge in [0, 0.05) is 6.61 Å². The van der Waals surface area contributed by atoms with Crippen molar-refractivity contribution in [1.82, 2.24) is 20.2 Å². The number of nitrogens with one attached hydrogen (secondary N) is 2. The summed E-state index contributed by atoms with van der Waals surface area (Å²) in [7, 11) is 0. The molecule has 9 heteroatoms. The zero-order chi connectivity index (χ0) is 28.3. The van der Waals surface area contributed by atoms with E-state index in [0.29, 0.717) is 29.4 Å². The third kappa shape index (κ3) is 9.98. The van der Waals surface area contributed by atoms with Gasteiger partial charge in [-0.05, 0) is 50.8 Å². The van der Waals surface area contributed by atoms with Gasteiger partial charge < -0.3 is 29.4 Å². The monoisotopic (exact) mass is 534 g/mol. The van der Waals surface area contributed by atoms with E-state index in [1.54, 1.807) is 20.8 Å². The lowest BCUT2D eigenvalue weighted by Crippen LogP contribution is -2.32. The minimum absolute atomic E-state index is 0.131. The number of imidazole rings is 1. The summed E-state index contributed by atoms with van der Waals surface area (Å²) in [5.41, 5.74) is 2.55. The third-order valence-electron chi connectivity index (χ3n) is 5.46. The van der Waals surface area contributed by atoms with E-state index >= 15 is 0 Å². The molecule has 0 aliphatic heterocycles. The Bertz CT molecular complexity index is 1300. The molecule has 2 amide bonds. The fraction of sp³-hybridized carbons (Fsp3) is 0.433. The number of amides is 2. The number of aromatic nitrogens is 2. The fourth-order valence-electron chi connectivity index (χ4n) is 3.55. The third-order valence-corrected chi connectivity index (χ3v) is 5.46. The van der Waals surface area contributed by atoms with E-state index in [2.05, 4.69) is 36.3 Å². The number of nitrogens with zero attached hydrogens (tertiary/aromatic N) is 2. The van der Waals surface area contributed by atoms with Gasteiger partial charge in [-0.3, -0.25) is 0 Å². The Hall–Kier alpha value is -4.03. The summed E-state index contributed by atoms with van der Waals surface area (Å²) >= 11 is 0. The van der Waals surface area contributed by atoms with Crippen molar-refractivity contribution in [3.05, 3.63) is 65.5 Å². The van der Waals surface area contributed by atoms with Crippen molar-refractivity contribution in [3.63, 3.8) is 0 Å². The highest BCUT2D eigenvalue weighted by Gasteiger charge is 2.16. The molecule has 3 rings (SSSR count). The minimum atomic E-state index is -0.578. The Labute approximate surface area is 230 Å². The van der Waals surface area contributed by atoms with Gasteiger partial charge in [0.1, 0.15) is 30.3 Å². The molecule has 0 spiro atoms. The maximum absolute atomic E-state index is 12.4. The van der Waals surface area contributed by atoms with Crippen LogP contribution >= 0.6 is 0 Å². The molecule has 0 saturated heterocycles. The molecule has 0 aliphatic carbocycles. The van der Waals surface area contributed by atoms with Crippen LogP contribution in [0.25, 0.3) is 11.0 Å². The van der Waals surface area contributed by atoms with Gasteiger partial charge in [-0.2, -0.15) is 0 Å². The van der Waals surface area contributed by atoms with Crippen molar-refractivity contribution in [2.24, 2.45) is 5.92 Å². The summed E-state index contributed by atoms with van der Waals surface area (Å²) in [5.74, 6) is 7.18. The van der Waals surface area contributed by atoms with Gasteiger partial charge in [0.25, 0.3) is 0 Å². The molecule has 1 aromatic heterocycles. The normalized spacial score (nSPS) is 11.1. The van der Waals surface area contributed by atoms with E-state index in [1.165, 1.54) is 0 Å². The lowest BCUT2D eigenvalue weighted by atomic mass is 10.1. The summed E-state index contributed by atoms with van der Waals surface area (Å²) < 4.78 is 18.4. The topological polar surface area (TPSA) is 104 Å². The van der Waals surface area contributed by atoms with E-state index in [-0.39, 0.29) is 26.4 Å². The van der Waals surface area contributed by atoms with Crippen LogP contribution in [0.2, 0.25) is 0 Å². The van der Waals surface area contributed by atoms with Crippen LogP contribution in [-0.4, -0.2) is 40.5 Å². The van der Waals surface area contributed by atoms with Crippen LogP contribution in [0.3, 0.4) is 0 Å². The summed E-state index contributed by atoms with van der Waals surface area (Å²) in [6.45, 7) is 11.1. The van der Waals surface area contributed by atoms with Gasteiger partial charge in [0.05, 0.1) is 24.2 Å². The summed E-state index contributed by atoms with van der Waals surface area (Å²) in [5, 5.41) is 5.42. The quantitative estimate of drug-likeness (QED) is 0.268. The van der Waals surface area contributed by atoms with Crippen LogP contribution in [0.15, 0.2) is 48.5 Å². The van der Waals surface area contributed by atoms with Gasteiger partial charge in [0.15, 0.2) is 0 Å². The van der Waals surface area contributed by atoms with Crippen LogP contribution in [0.5, 0.6) is 0 Å². The number of carbonyl (C=O) groups excluding carboxylic acids is 2. The first-order valence-corrected chi connectivity index (χ1v) is 13.1. The smallest absolute Gasteiger partial charge is 0.408 e. The van der Waals surface area contributed by atoms with Gasteiger partial charge in [-0.1, -0.05) is 62.1 Å². The first-order valence-electron chi connectivity index (χ1n) is 13.1. The Morgan fingerprint density at radius 2 is 1.79 bits per heavy atom. The van der Waals surface area contributed by atoms with Crippen molar-refractivity contribution < 1.29 is 23.8 Å². The van der Waals surface area contributed by atoms with Crippen molar-refractivity contribution in [1.29, 1.82) is 0 Å². The second kappa shape index (κ2) is 14.2. The Balaban J connectivity index is 1.72. The maximum Gasteiger partial charge on any atom is 0.408 e. The number of alkyl carbamates (subject to hydrolysis) is 2. The number of hydrogen-bond donors (Lipinski definition) is 2. The molecule has 3 aromatic rings. The fourth-order valence-corrected chi connectivity index (χ4v) is 3.55. The van der Waals surface area contributed by atoms with Crippen LogP contribution in [0.1, 0.15) is 58.0 Å². The predicted octanol–water partition coefficient (Wildman–Crippen LogP) is 5.36. The molecule has 0 unspecified atom stereocenters. The molecule has 9 nitrogen and oxygen atoms in total. The van der Waals surface area contributed by atoms with E-state index in [4.69, 9.17) is 19.2 Å². The highest BCUT2D eigenvalue weighted by molar-refractivity contribution is 5.83. The Morgan fingerprint density at radius 1 is 1.03 bits per heavy atom. The molecule has 0 aliphatic rings. The average molecular weight is 535 g/mol. The van der Waals surface area contributed by atoms with E-state index < -0.39 is 17.8 Å². The van der Waals surface area contributed by atoms with Crippen molar-refractivity contribution in [3.8, 4) is 11.8 Å². The lowest BCUT2D eigenvalue weighted by Gasteiger charge is -2.18. The maximum atomic E-state index is 12.4. The molecule has 39 heavy (non-hydrogen) atoms. The average Bonchev–Trinajstić information content (AvgIpc) is 3.24. The number of hydrogen-bond acceptors (Lipinski definition) is 6. The highest BCUT2D eigenvalue weighted by Crippen LogP contribution is 2.20. The van der Waals surface area contributed by atoms with Crippen LogP contribution in [0, 0.1) is 17.8 Å². The number of fused-ring (bicyclic) bond motifs is 1. The molecule has 0 radical (unpaired) electrons. The molecule has 2 N–H and O–H groups in total. The zero-order valence-corrected chi connectivity index (χ0v) is 23.4. The second-order valence-electron chi connectivity index (χ2n) is 10.4.